The molecule has 1 aromatic carbocycles. The van der Waals surface area contributed by atoms with E-state index in [0.29, 0.717) is 18.7 Å². The number of aryl methyl sites for hydroxylation is 2. The van der Waals surface area contributed by atoms with E-state index in [9.17, 15) is 9.59 Å². The van der Waals surface area contributed by atoms with Gasteiger partial charge in [0, 0.05) is 31.3 Å². The third kappa shape index (κ3) is 5.08. The molecule has 26 heavy (non-hydrogen) atoms. The molecule has 1 heterocycles. The zero-order valence-electron chi connectivity index (χ0n) is 15.7. The second-order valence-corrected chi connectivity index (χ2v) is 6.02. The maximum atomic E-state index is 11.9. The summed E-state index contributed by atoms with van der Waals surface area (Å²) in [6.45, 7) is 3.90. The van der Waals surface area contributed by atoms with Gasteiger partial charge in [-0.3, -0.25) is 14.3 Å². The molecule has 0 spiro atoms. The van der Waals surface area contributed by atoms with Crippen molar-refractivity contribution in [2.45, 2.75) is 33.2 Å². The van der Waals surface area contributed by atoms with E-state index in [1.807, 2.05) is 45.2 Å². The van der Waals surface area contributed by atoms with E-state index in [2.05, 4.69) is 10.4 Å². The summed E-state index contributed by atoms with van der Waals surface area (Å²) in [6.07, 6.45) is 0.764. The molecule has 7 heteroatoms. The van der Waals surface area contributed by atoms with Crippen LogP contribution in [0.3, 0.4) is 0 Å². The highest BCUT2D eigenvalue weighted by atomic mass is 16.5. The molecular weight excluding hydrogens is 334 g/mol. The lowest BCUT2D eigenvalue weighted by Crippen LogP contribution is -2.28. The van der Waals surface area contributed by atoms with Gasteiger partial charge in [-0.05, 0) is 31.9 Å². The highest BCUT2D eigenvalue weighted by molar-refractivity contribution is 5.80. The Morgan fingerprint density at radius 3 is 2.62 bits per heavy atom. The van der Waals surface area contributed by atoms with E-state index in [1.54, 1.807) is 11.8 Å². The summed E-state index contributed by atoms with van der Waals surface area (Å²) in [5, 5.41) is 7.04. The van der Waals surface area contributed by atoms with Crippen LogP contribution in [0.1, 0.15) is 28.9 Å². The molecule has 1 aromatic heterocycles. The van der Waals surface area contributed by atoms with Gasteiger partial charge in [-0.2, -0.15) is 5.10 Å². The minimum atomic E-state index is -0.403. The van der Waals surface area contributed by atoms with Crippen LogP contribution in [0, 0.1) is 13.8 Å². The fourth-order valence-corrected chi connectivity index (χ4v) is 2.72. The average Bonchev–Trinajstić information content (AvgIpc) is 2.88. The number of hydrogen-bond donors (Lipinski definition) is 1. The highest BCUT2D eigenvalue weighted by Crippen LogP contribution is 2.16. The van der Waals surface area contributed by atoms with Crippen LogP contribution >= 0.6 is 0 Å². The lowest BCUT2D eigenvalue weighted by Gasteiger charge is -2.10. The van der Waals surface area contributed by atoms with E-state index in [1.165, 1.54) is 0 Å². The van der Waals surface area contributed by atoms with E-state index in [0.717, 1.165) is 22.5 Å². The maximum absolute atomic E-state index is 11.9. The van der Waals surface area contributed by atoms with Crippen LogP contribution in [0.25, 0.3) is 0 Å². The number of carbonyl (C=O) groups is 2. The first-order chi connectivity index (χ1) is 12.4. The lowest BCUT2D eigenvalue weighted by atomic mass is 10.1. The molecule has 0 atom stereocenters. The van der Waals surface area contributed by atoms with Gasteiger partial charge in [-0.1, -0.05) is 18.2 Å². The van der Waals surface area contributed by atoms with Crippen molar-refractivity contribution >= 4 is 11.9 Å². The summed E-state index contributed by atoms with van der Waals surface area (Å²) in [6, 6.07) is 7.41. The average molecular weight is 359 g/mol. The van der Waals surface area contributed by atoms with Crippen molar-refractivity contribution in [1.82, 2.24) is 15.1 Å². The first-order valence-electron chi connectivity index (χ1n) is 8.45. The Balaban J connectivity index is 1.74. The molecule has 0 aliphatic carbocycles. The van der Waals surface area contributed by atoms with Crippen molar-refractivity contribution in [1.29, 1.82) is 0 Å². The number of rotatable bonds is 8. The predicted octanol–water partition coefficient (Wildman–Crippen LogP) is 1.84. The molecule has 0 unspecified atom stereocenters. The van der Waals surface area contributed by atoms with Crippen molar-refractivity contribution in [3.05, 3.63) is 46.8 Å². The Labute approximate surface area is 153 Å². The van der Waals surface area contributed by atoms with Crippen LogP contribution < -0.4 is 10.1 Å². The van der Waals surface area contributed by atoms with E-state index < -0.39 is 5.97 Å². The van der Waals surface area contributed by atoms with Crippen molar-refractivity contribution in [3.63, 3.8) is 0 Å². The topological polar surface area (TPSA) is 82.4 Å². The van der Waals surface area contributed by atoms with Crippen LogP contribution in [0.5, 0.6) is 5.75 Å². The number of hydrogen-bond acceptors (Lipinski definition) is 5. The first kappa shape index (κ1) is 19.5. The predicted molar refractivity (Wildman–Crippen MR) is 96.8 cm³/mol. The van der Waals surface area contributed by atoms with Gasteiger partial charge >= 0.3 is 5.97 Å². The quantitative estimate of drug-likeness (QED) is 0.727. The Morgan fingerprint density at radius 1 is 1.23 bits per heavy atom. The fourth-order valence-electron chi connectivity index (χ4n) is 2.72. The Kier molecular flexibility index (Phi) is 6.77. The molecule has 1 amide bonds. The molecule has 7 nitrogen and oxygen atoms in total. The maximum Gasteiger partial charge on any atom is 0.306 e. The normalized spacial score (nSPS) is 10.5. The van der Waals surface area contributed by atoms with Crippen molar-refractivity contribution in [3.8, 4) is 5.75 Å². The molecule has 0 bridgehead atoms. The van der Waals surface area contributed by atoms with Gasteiger partial charge in [0.1, 0.15) is 5.75 Å². The Hall–Kier alpha value is -2.83. The van der Waals surface area contributed by atoms with E-state index in [-0.39, 0.29) is 18.9 Å². The number of para-hydroxylation sites is 1. The van der Waals surface area contributed by atoms with Gasteiger partial charge in [-0.15, -0.1) is 0 Å². The Bertz CT molecular complexity index is 783. The number of amides is 1. The first-order valence-corrected chi connectivity index (χ1v) is 8.45. The highest BCUT2D eigenvalue weighted by Gasteiger charge is 2.13. The molecule has 2 rings (SSSR count). The number of nitrogens with zero attached hydrogens (tertiary/aromatic N) is 2. The molecule has 0 aliphatic rings. The molecule has 0 saturated carbocycles. The van der Waals surface area contributed by atoms with Crippen LogP contribution in [0.15, 0.2) is 24.3 Å². The molecule has 140 valence electrons. The largest absolute Gasteiger partial charge is 0.496 e. The fraction of sp³-hybridized carbons (Fsp3) is 0.421. The van der Waals surface area contributed by atoms with Crippen LogP contribution in [0.4, 0.5) is 0 Å². The number of methoxy groups -OCH3 is 1. The van der Waals surface area contributed by atoms with Crippen LogP contribution in [-0.2, 0) is 34.3 Å². The van der Waals surface area contributed by atoms with Crippen molar-refractivity contribution < 1.29 is 19.1 Å². The Morgan fingerprint density at radius 2 is 1.96 bits per heavy atom. The number of aromatic nitrogens is 2. The van der Waals surface area contributed by atoms with Gasteiger partial charge in [0.25, 0.3) is 5.91 Å². The smallest absolute Gasteiger partial charge is 0.306 e. The molecule has 0 saturated heterocycles. The summed E-state index contributed by atoms with van der Waals surface area (Å²) in [5.41, 5.74) is 3.85. The van der Waals surface area contributed by atoms with Crippen molar-refractivity contribution in [2.75, 3.05) is 13.7 Å². The van der Waals surface area contributed by atoms with Crippen molar-refractivity contribution in [2.24, 2.45) is 7.05 Å². The van der Waals surface area contributed by atoms with E-state index >= 15 is 0 Å². The lowest BCUT2D eigenvalue weighted by molar-refractivity contribution is -0.148. The summed E-state index contributed by atoms with van der Waals surface area (Å²) < 4.78 is 12.1. The minimum Gasteiger partial charge on any atom is -0.496 e. The zero-order valence-corrected chi connectivity index (χ0v) is 15.7. The minimum absolute atomic E-state index is 0.215. The van der Waals surface area contributed by atoms with E-state index in [4.69, 9.17) is 9.47 Å². The number of benzene rings is 1. The third-order valence-corrected chi connectivity index (χ3v) is 4.27. The van der Waals surface area contributed by atoms with Gasteiger partial charge in [0.2, 0.25) is 0 Å². The molecule has 1 N–H and O–H groups in total. The van der Waals surface area contributed by atoms with Gasteiger partial charge in [0.15, 0.2) is 6.61 Å². The zero-order chi connectivity index (χ0) is 19.1. The summed E-state index contributed by atoms with van der Waals surface area (Å²) in [4.78, 5) is 23.7. The number of ether oxygens (including phenoxy) is 2. The summed E-state index contributed by atoms with van der Waals surface area (Å²) in [7, 11) is 3.45. The standard InChI is InChI=1S/C19H25N3O4/c1-13-16(14(2)22(3)21-13)9-10-19(24)26-12-18(23)20-11-15-7-5-6-8-17(15)25-4/h5-8H,9-12H2,1-4H3,(H,20,23). The summed E-state index contributed by atoms with van der Waals surface area (Å²) in [5.74, 6) is -0.0508. The third-order valence-electron chi connectivity index (χ3n) is 4.27. The molecular formula is C19H25N3O4. The molecule has 0 fully saturated rings. The van der Waals surface area contributed by atoms with Gasteiger partial charge in [-0.25, -0.2) is 0 Å². The molecule has 2 aromatic rings. The van der Waals surface area contributed by atoms with Crippen LogP contribution in [0.2, 0.25) is 0 Å². The second kappa shape index (κ2) is 9.03. The molecule has 0 radical (unpaired) electrons. The number of esters is 1. The van der Waals surface area contributed by atoms with Crippen LogP contribution in [-0.4, -0.2) is 35.4 Å². The van der Waals surface area contributed by atoms with Gasteiger partial charge in [0.05, 0.1) is 12.8 Å². The summed E-state index contributed by atoms with van der Waals surface area (Å²) >= 11 is 0. The second-order valence-electron chi connectivity index (χ2n) is 6.02. The monoisotopic (exact) mass is 359 g/mol. The molecule has 0 aliphatic heterocycles. The number of carbonyl (C=O) groups excluding carboxylic acids is 2. The SMILES string of the molecule is COc1ccccc1CNC(=O)COC(=O)CCc1c(C)nn(C)c1C. The number of nitrogens with one attached hydrogen (secondary N) is 1. The van der Waals surface area contributed by atoms with Gasteiger partial charge < -0.3 is 14.8 Å².